The molecule has 0 heterocycles. The molecule has 0 atom stereocenters. The normalized spacial score (nSPS) is 11.8. The largest absolute Gasteiger partial charge is 0.478 e. The smallest absolute Gasteiger partial charge is 0.335 e. The average molecular weight is 493 g/mol. The maximum atomic E-state index is 13.9. The van der Waals surface area contributed by atoms with E-state index in [9.17, 15) is 31.1 Å². The number of halogens is 1. The van der Waals surface area contributed by atoms with Crippen molar-refractivity contribution in [3.05, 3.63) is 82.7 Å². The Morgan fingerprint density at radius 1 is 0.818 bits per heavy atom. The van der Waals surface area contributed by atoms with Crippen LogP contribution in [0.2, 0.25) is 0 Å². The van der Waals surface area contributed by atoms with Gasteiger partial charge in [-0.1, -0.05) is 18.2 Å². The van der Waals surface area contributed by atoms with Gasteiger partial charge in [0, 0.05) is 0 Å². The molecule has 0 aromatic heterocycles. The van der Waals surface area contributed by atoms with Gasteiger partial charge >= 0.3 is 5.97 Å². The molecule has 3 aromatic carbocycles. The maximum Gasteiger partial charge on any atom is 0.335 e. The zero-order valence-corrected chi connectivity index (χ0v) is 19.5. The van der Waals surface area contributed by atoms with E-state index in [1.807, 2.05) is 0 Å². The van der Waals surface area contributed by atoms with Crippen molar-refractivity contribution in [2.45, 2.75) is 30.6 Å². The SMILES string of the molecule is Cc1ccc(NS(=O)(=O)c2cc(C(=O)O)cc(C)c2C)cc1S(=O)(=O)Nc1ccccc1F. The van der Waals surface area contributed by atoms with E-state index in [1.54, 1.807) is 13.8 Å². The van der Waals surface area contributed by atoms with Crippen LogP contribution in [0.1, 0.15) is 27.0 Å². The summed E-state index contributed by atoms with van der Waals surface area (Å²) >= 11 is 0. The van der Waals surface area contributed by atoms with E-state index in [0.29, 0.717) is 16.7 Å². The monoisotopic (exact) mass is 492 g/mol. The maximum absolute atomic E-state index is 13.9. The Kier molecular flexibility index (Phi) is 6.48. The quantitative estimate of drug-likeness (QED) is 0.456. The second-order valence-electron chi connectivity index (χ2n) is 7.39. The molecule has 0 amide bonds. The molecule has 0 unspecified atom stereocenters. The van der Waals surface area contributed by atoms with Gasteiger partial charge in [-0.2, -0.15) is 0 Å². The van der Waals surface area contributed by atoms with Crippen LogP contribution in [0.3, 0.4) is 0 Å². The summed E-state index contributed by atoms with van der Waals surface area (Å²) in [4.78, 5) is 10.9. The number of carbonyl (C=O) groups is 1. The second-order valence-corrected chi connectivity index (χ2v) is 10.7. The highest BCUT2D eigenvalue weighted by Crippen LogP contribution is 2.27. The molecule has 0 bridgehead atoms. The first kappa shape index (κ1) is 24.2. The number of para-hydroxylation sites is 1. The second kappa shape index (κ2) is 8.83. The number of benzene rings is 3. The Morgan fingerprint density at radius 2 is 1.45 bits per heavy atom. The predicted molar refractivity (Wildman–Crippen MR) is 122 cm³/mol. The summed E-state index contributed by atoms with van der Waals surface area (Å²) in [5.41, 5.74) is 0.624. The Hall–Kier alpha value is -3.44. The van der Waals surface area contributed by atoms with Gasteiger partial charge in [-0.05, 0) is 73.9 Å². The summed E-state index contributed by atoms with van der Waals surface area (Å²) in [6.45, 7) is 4.64. The molecule has 0 radical (unpaired) electrons. The van der Waals surface area contributed by atoms with Crippen LogP contribution in [0.4, 0.5) is 15.8 Å². The standard InChI is InChI=1S/C22H21FN2O6S2/c1-13-8-9-17(12-20(13)32(28,29)25-19-7-5-4-6-18(19)23)24-33(30,31)21-11-16(22(26)27)10-14(2)15(21)3/h4-12,24-25H,1-3H3,(H,26,27). The van der Waals surface area contributed by atoms with E-state index in [-0.39, 0.29) is 26.7 Å². The Balaban J connectivity index is 2.01. The molecule has 3 N–H and O–H groups in total. The number of carboxylic acids is 1. The van der Waals surface area contributed by atoms with Gasteiger partial charge in [0.2, 0.25) is 0 Å². The third-order valence-electron chi connectivity index (χ3n) is 5.00. The van der Waals surface area contributed by atoms with Crippen molar-refractivity contribution in [1.82, 2.24) is 0 Å². The Labute approximate surface area is 191 Å². The minimum Gasteiger partial charge on any atom is -0.478 e. The summed E-state index contributed by atoms with van der Waals surface area (Å²) in [5, 5.41) is 9.26. The summed E-state index contributed by atoms with van der Waals surface area (Å²) in [6.07, 6.45) is 0. The molecule has 0 saturated carbocycles. The fourth-order valence-electron chi connectivity index (χ4n) is 3.14. The van der Waals surface area contributed by atoms with Crippen LogP contribution in [0.15, 0.2) is 64.4 Å². The molecule has 174 valence electrons. The molecule has 0 aliphatic heterocycles. The van der Waals surface area contributed by atoms with Crippen LogP contribution in [0.5, 0.6) is 0 Å². The summed E-state index contributed by atoms with van der Waals surface area (Å²) in [7, 11) is -8.50. The van der Waals surface area contributed by atoms with Crippen molar-refractivity contribution in [2.75, 3.05) is 9.44 Å². The van der Waals surface area contributed by atoms with E-state index in [1.165, 1.54) is 43.3 Å². The first-order valence-electron chi connectivity index (χ1n) is 9.57. The Bertz CT molecular complexity index is 1470. The summed E-state index contributed by atoms with van der Waals surface area (Å²) < 4.78 is 70.1. The lowest BCUT2D eigenvalue weighted by Gasteiger charge is -2.15. The van der Waals surface area contributed by atoms with Gasteiger partial charge in [-0.25, -0.2) is 26.0 Å². The fourth-order valence-corrected chi connectivity index (χ4v) is 5.87. The van der Waals surface area contributed by atoms with Crippen LogP contribution in [-0.4, -0.2) is 27.9 Å². The number of nitrogens with one attached hydrogen (secondary N) is 2. The molecule has 0 spiro atoms. The number of aromatic carboxylic acids is 1. The molecular formula is C22H21FN2O6S2. The van der Waals surface area contributed by atoms with E-state index in [4.69, 9.17) is 0 Å². The van der Waals surface area contributed by atoms with Gasteiger partial charge in [-0.3, -0.25) is 9.44 Å². The molecule has 0 saturated heterocycles. The van der Waals surface area contributed by atoms with Gasteiger partial charge in [0.1, 0.15) is 5.82 Å². The molecule has 3 rings (SSSR count). The fraction of sp³-hybridized carbons (Fsp3) is 0.136. The zero-order chi connectivity index (χ0) is 24.6. The molecule has 3 aromatic rings. The third-order valence-corrected chi connectivity index (χ3v) is 8.02. The molecule has 0 aliphatic rings. The average Bonchev–Trinajstić information content (AvgIpc) is 2.72. The van der Waals surface area contributed by atoms with Gasteiger partial charge in [0.05, 0.1) is 26.7 Å². The van der Waals surface area contributed by atoms with Gasteiger partial charge < -0.3 is 5.11 Å². The molecule has 0 aliphatic carbocycles. The summed E-state index contributed by atoms with van der Waals surface area (Å²) in [6, 6.07) is 11.5. The lowest BCUT2D eigenvalue weighted by atomic mass is 10.1. The molecular weight excluding hydrogens is 471 g/mol. The number of carboxylic acid groups (broad SMARTS) is 1. The van der Waals surface area contributed by atoms with Crippen LogP contribution in [-0.2, 0) is 20.0 Å². The van der Waals surface area contributed by atoms with Crippen LogP contribution in [0, 0.1) is 26.6 Å². The summed E-state index contributed by atoms with van der Waals surface area (Å²) in [5.74, 6) is -2.04. The zero-order valence-electron chi connectivity index (χ0n) is 17.9. The van der Waals surface area contributed by atoms with Crippen molar-refractivity contribution in [1.29, 1.82) is 0 Å². The first-order valence-corrected chi connectivity index (χ1v) is 12.5. The lowest BCUT2D eigenvalue weighted by molar-refractivity contribution is 0.0696. The van der Waals surface area contributed by atoms with Gasteiger partial charge in [0.15, 0.2) is 0 Å². The van der Waals surface area contributed by atoms with Crippen molar-refractivity contribution in [3.8, 4) is 0 Å². The van der Waals surface area contributed by atoms with Crippen molar-refractivity contribution >= 4 is 37.4 Å². The highest BCUT2D eigenvalue weighted by Gasteiger charge is 2.23. The predicted octanol–water partition coefficient (Wildman–Crippen LogP) is 4.05. The topological polar surface area (TPSA) is 130 Å². The molecule has 11 heteroatoms. The van der Waals surface area contributed by atoms with Crippen LogP contribution >= 0.6 is 0 Å². The van der Waals surface area contributed by atoms with E-state index < -0.39 is 31.8 Å². The minimum atomic E-state index is -4.25. The molecule has 0 fully saturated rings. The van der Waals surface area contributed by atoms with Crippen LogP contribution in [0.25, 0.3) is 0 Å². The number of sulfonamides is 2. The van der Waals surface area contributed by atoms with E-state index in [2.05, 4.69) is 9.44 Å². The van der Waals surface area contributed by atoms with Gasteiger partial charge in [-0.15, -0.1) is 0 Å². The minimum absolute atomic E-state index is 0.0627. The first-order chi connectivity index (χ1) is 15.3. The molecule has 8 nitrogen and oxygen atoms in total. The van der Waals surface area contributed by atoms with Gasteiger partial charge in [0.25, 0.3) is 20.0 Å². The number of hydrogen-bond acceptors (Lipinski definition) is 5. The number of anilines is 2. The van der Waals surface area contributed by atoms with E-state index in [0.717, 1.165) is 18.2 Å². The van der Waals surface area contributed by atoms with Crippen molar-refractivity contribution < 1.29 is 31.1 Å². The van der Waals surface area contributed by atoms with E-state index >= 15 is 0 Å². The number of rotatable bonds is 7. The van der Waals surface area contributed by atoms with Crippen molar-refractivity contribution in [2.24, 2.45) is 0 Å². The van der Waals surface area contributed by atoms with Crippen LogP contribution < -0.4 is 9.44 Å². The molecule has 33 heavy (non-hydrogen) atoms. The third kappa shape index (κ3) is 5.15. The van der Waals surface area contributed by atoms with Crippen molar-refractivity contribution in [3.63, 3.8) is 0 Å². The Morgan fingerprint density at radius 3 is 2.09 bits per heavy atom. The highest BCUT2D eigenvalue weighted by molar-refractivity contribution is 7.93. The highest BCUT2D eigenvalue weighted by atomic mass is 32.2. The lowest BCUT2D eigenvalue weighted by Crippen LogP contribution is -2.18. The number of hydrogen-bond donors (Lipinski definition) is 3. The number of aryl methyl sites for hydroxylation is 2.